The van der Waals surface area contributed by atoms with E-state index in [1.165, 1.54) is 11.1 Å². The van der Waals surface area contributed by atoms with Gasteiger partial charge in [-0.1, -0.05) is 24.3 Å². The van der Waals surface area contributed by atoms with Crippen LogP contribution in [0, 0.1) is 6.92 Å². The maximum atomic E-state index is 11.8. The summed E-state index contributed by atoms with van der Waals surface area (Å²) in [4.78, 5) is 13.7. The van der Waals surface area contributed by atoms with Crippen molar-refractivity contribution in [1.82, 2.24) is 4.90 Å². The molecule has 17 heavy (non-hydrogen) atoms. The molecule has 1 saturated heterocycles. The Morgan fingerprint density at radius 2 is 2.24 bits per heavy atom. The summed E-state index contributed by atoms with van der Waals surface area (Å²) in [6.45, 7) is 2.85. The minimum atomic E-state index is 0.121. The summed E-state index contributed by atoms with van der Waals surface area (Å²) in [5.74, 6) is 0.724. The van der Waals surface area contributed by atoms with Gasteiger partial charge in [0.15, 0.2) is 0 Å². The normalized spacial score (nSPS) is 20.0. The summed E-state index contributed by atoms with van der Waals surface area (Å²) in [7, 11) is 0. The molecule has 0 radical (unpaired) electrons. The number of carbonyl (C=O) groups is 1. The van der Waals surface area contributed by atoms with Crippen LogP contribution >= 0.6 is 11.8 Å². The van der Waals surface area contributed by atoms with Crippen LogP contribution in [0.25, 0.3) is 0 Å². The number of hydrogen-bond donors (Lipinski definition) is 1. The van der Waals surface area contributed by atoms with Crippen LogP contribution in [0.15, 0.2) is 24.3 Å². The Morgan fingerprint density at radius 1 is 1.47 bits per heavy atom. The van der Waals surface area contributed by atoms with Crippen LogP contribution < -0.4 is 0 Å². The standard InChI is InChI=1S/C13H17NO2S/c1-10-5-2-3-6-11(10)13-14(7-4-8-15)12(16)9-17-13/h2-3,5-6,13,15H,4,7-9H2,1H3. The third-order valence-electron chi connectivity index (χ3n) is 2.98. The molecule has 1 aromatic carbocycles. The first-order valence-corrected chi connectivity index (χ1v) is 6.86. The Labute approximate surface area is 106 Å². The third-order valence-corrected chi connectivity index (χ3v) is 4.22. The van der Waals surface area contributed by atoms with Crippen molar-refractivity contribution in [2.45, 2.75) is 18.7 Å². The number of carbonyl (C=O) groups excluding carboxylic acids is 1. The van der Waals surface area contributed by atoms with Crippen molar-refractivity contribution in [2.75, 3.05) is 18.9 Å². The fraction of sp³-hybridized carbons (Fsp3) is 0.462. The highest BCUT2D eigenvalue weighted by atomic mass is 32.2. The zero-order valence-corrected chi connectivity index (χ0v) is 10.7. The average Bonchev–Trinajstić information content (AvgIpc) is 2.69. The molecule has 0 saturated carbocycles. The highest BCUT2D eigenvalue weighted by Crippen LogP contribution is 2.39. The number of aliphatic hydroxyl groups excluding tert-OH is 1. The van der Waals surface area contributed by atoms with Crippen LogP contribution in [0.3, 0.4) is 0 Å². The minimum absolute atomic E-state index is 0.121. The summed E-state index contributed by atoms with van der Waals surface area (Å²) in [5, 5.41) is 9.00. The quantitative estimate of drug-likeness (QED) is 0.889. The number of rotatable bonds is 4. The molecule has 0 aliphatic carbocycles. The van der Waals surface area contributed by atoms with Gasteiger partial charge in [-0.05, 0) is 24.5 Å². The number of nitrogens with zero attached hydrogens (tertiary/aromatic N) is 1. The van der Waals surface area contributed by atoms with Crippen LogP contribution in [0.4, 0.5) is 0 Å². The van der Waals surface area contributed by atoms with Crippen molar-refractivity contribution in [3.8, 4) is 0 Å². The predicted octanol–water partition coefficient (Wildman–Crippen LogP) is 1.95. The average molecular weight is 251 g/mol. The van der Waals surface area contributed by atoms with Gasteiger partial charge in [0.25, 0.3) is 0 Å². The SMILES string of the molecule is Cc1ccccc1C1SCC(=O)N1CCCO. The van der Waals surface area contributed by atoms with Gasteiger partial charge in [0.1, 0.15) is 5.37 Å². The van der Waals surface area contributed by atoms with E-state index < -0.39 is 0 Å². The number of hydrogen-bond acceptors (Lipinski definition) is 3. The second-order valence-corrected chi connectivity index (χ2v) is 5.25. The molecule has 0 aromatic heterocycles. The van der Waals surface area contributed by atoms with E-state index in [-0.39, 0.29) is 17.9 Å². The van der Waals surface area contributed by atoms with Gasteiger partial charge >= 0.3 is 0 Å². The lowest BCUT2D eigenvalue weighted by atomic mass is 10.1. The lowest BCUT2D eigenvalue weighted by Crippen LogP contribution is -2.30. The van der Waals surface area contributed by atoms with E-state index in [1.54, 1.807) is 11.8 Å². The Hall–Kier alpha value is -1.00. The van der Waals surface area contributed by atoms with Crippen molar-refractivity contribution in [1.29, 1.82) is 0 Å². The maximum absolute atomic E-state index is 11.8. The first-order valence-electron chi connectivity index (χ1n) is 5.81. The Morgan fingerprint density at radius 3 is 2.94 bits per heavy atom. The van der Waals surface area contributed by atoms with Gasteiger partial charge in [0.2, 0.25) is 5.91 Å². The van der Waals surface area contributed by atoms with Crippen molar-refractivity contribution >= 4 is 17.7 Å². The smallest absolute Gasteiger partial charge is 0.233 e. The number of benzene rings is 1. The molecule has 1 unspecified atom stereocenters. The van der Waals surface area contributed by atoms with Crippen molar-refractivity contribution in [3.63, 3.8) is 0 Å². The van der Waals surface area contributed by atoms with Gasteiger partial charge in [-0.25, -0.2) is 0 Å². The van der Waals surface area contributed by atoms with Crippen LogP contribution in [-0.4, -0.2) is 34.8 Å². The molecular formula is C13H17NO2S. The Kier molecular flexibility index (Phi) is 4.07. The fourth-order valence-electron chi connectivity index (χ4n) is 2.06. The molecule has 1 aromatic rings. The monoisotopic (exact) mass is 251 g/mol. The minimum Gasteiger partial charge on any atom is -0.396 e. The largest absolute Gasteiger partial charge is 0.396 e. The molecule has 1 amide bonds. The zero-order chi connectivity index (χ0) is 12.3. The second kappa shape index (κ2) is 5.56. The molecule has 92 valence electrons. The summed E-state index contributed by atoms with van der Waals surface area (Å²) in [6, 6.07) is 8.18. The molecule has 1 atom stereocenters. The summed E-state index contributed by atoms with van der Waals surface area (Å²) >= 11 is 1.67. The third kappa shape index (κ3) is 2.64. The van der Waals surface area contributed by atoms with E-state index in [9.17, 15) is 4.79 Å². The summed E-state index contributed by atoms with van der Waals surface area (Å²) < 4.78 is 0. The highest BCUT2D eigenvalue weighted by molar-refractivity contribution is 8.00. The molecule has 2 rings (SSSR count). The van der Waals surface area contributed by atoms with Crippen molar-refractivity contribution in [3.05, 3.63) is 35.4 Å². The summed E-state index contributed by atoms with van der Waals surface area (Å²) in [5.41, 5.74) is 2.43. The van der Waals surface area contributed by atoms with E-state index in [0.717, 1.165) is 0 Å². The molecular weight excluding hydrogens is 234 g/mol. The topological polar surface area (TPSA) is 40.5 Å². The van der Waals surface area contributed by atoms with E-state index >= 15 is 0 Å². The number of aryl methyl sites for hydroxylation is 1. The molecule has 1 aliphatic rings. The first kappa shape index (κ1) is 12.5. The van der Waals surface area contributed by atoms with Crippen LogP contribution in [0.1, 0.15) is 22.9 Å². The van der Waals surface area contributed by atoms with Gasteiger partial charge in [-0.3, -0.25) is 4.79 Å². The highest BCUT2D eigenvalue weighted by Gasteiger charge is 2.32. The molecule has 3 nitrogen and oxygen atoms in total. The van der Waals surface area contributed by atoms with Gasteiger partial charge in [-0.2, -0.15) is 0 Å². The molecule has 0 spiro atoms. The molecule has 1 N–H and O–H groups in total. The zero-order valence-electron chi connectivity index (χ0n) is 9.93. The number of amides is 1. The van der Waals surface area contributed by atoms with Crippen molar-refractivity contribution < 1.29 is 9.90 Å². The molecule has 1 aliphatic heterocycles. The Bertz CT molecular complexity index is 408. The molecule has 4 heteroatoms. The summed E-state index contributed by atoms with van der Waals surface area (Å²) in [6.07, 6.45) is 0.648. The second-order valence-electron chi connectivity index (χ2n) is 4.18. The maximum Gasteiger partial charge on any atom is 0.233 e. The van der Waals surface area contributed by atoms with E-state index in [0.29, 0.717) is 18.7 Å². The lowest BCUT2D eigenvalue weighted by Gasteiger charge is -2.25. The van der Waals surface area contributed by atoms with E-state index in [4.69, 9.17) is 5.11 Å². The van der Waals surface area contributed by atoms with Gasteiger partial charge in [0.05, 0.1) is 5.75 Å². The first-order chi connectivity index (χ1) is 8.24. The Balaban J connectivity index is 2.19. The van der Waals surface area contributed by atoms with Crippen molar-refractivity contribution in [2.24, 2.45) is 0 Å². The fourth-order valence-corrected chi connectivity index (χ4v) is 3.37. The van der Waals surface area contributed by atoms with Gasteiger partial charge < -0.3 is 10.0 Å². The number of aliphatic hydroxyl groups is 1. The number of thioether (sulfide) groups is 1. The lowest BCUT2D eigenvalue weighted by molar-refractivity contribution is -0.128. The van der Waals surface area contributed by atoms with Crippen LogP contribution in [-0.2, 0) is 4.79 Å². The predicted molar refractivity (Wildman–Crippen MR) is 69.8 cm³/mol. The van der Waals surface area contributed by atoms with Gasteiger partial charge in [0, 0.05) is 13.2 Å². The van der Waals surface area contributed by atoms with E-state index in [1.807, 2.05) is 17.0 Å². The van der Waals surface area contributed by atoms with E-state index in [2.05, 4.69) is 19.1 Å². The molecule has 0 bridgehead atoms. The van der Waals surface area contributed by atoms with Crippen LogP contribution in [0.5, 0.6) is 0 Å². The van der Waals surface area contributed by atoms with Gasteiger partial charge in [-0.15, -0.1) is 11.8 Å². The molecule has 1 heterocycles. The molecule has 1 fully saturated rings. The van der Waals surface area contributed by atoms with Crippen LogP contribution in [0.2, 0.25) is 0 Å².